The van der Waals surface area contributed by atoms with Gasteiger partial charge in [0.2, 0.25) is 0 Å². The van der Waals surface area contributed by atoms with E-state index in [9.17, 15) is 9.59 Å². The number of carbonyl (C=O) groups is 2. The van der Waals surface area contributed by atoms with Crippen molar-refractivity contribution < 1.29 is 14.1 Å². The van der Waals surface area contributed by atoms with Crippen molar-refractivity contribution in [3.8, 4) is 0 Å². The van der Waals surface area contributed by atoms with Gasteiger partial charge in [0, 0.05) is 33.9 Å². The number of anilines is 1. The molecule has 1 aromatic carbocycles. The summed E-state index contributed by atoms with van der Waals surface area (Å²) in [5.41, 5.74) is 1.19. The zero-order valence-electron chi connectivity index (χ0n) is 15.3. The van der Waals surface area contributed by atoms with Crippen LogP contribution >= 0.6 is 23.2 Å². The predicted molar refractivity (Wildman–Crippen MR) is 107 cm³/mol. The van der Waals surface area contributed by atoms with Gasteiger partial charge in [-0.15, -0.1) is 6.58 Å². The second kappa shape index (κ2) is 8.08. The first-order chi connectivity index (χ1) is 13.3. The molecule has 9 heteroatoms. The summed E-state index contributed by atoms with van der Waals surface area (Å²) in [5, 5.41) is 9.95. The number of aromatic nitrogens is 1. The molecule has 1 atom stereocenters. The third kappa shape index (κ3) is 3.76. The van der Waals surface area contributed by atoms with Crippen LogP contribution in [0.25, 0.3) is 0 Å². The number of aryl methyl sites for hydroxylation is 1. The van der Waals surface area contributed by atoms with Crippen LogP contribution in [0.5, 0.6) is 0 Å². The number of nitrogens with one attached hydrogen (secondary N) is 2. The van der Waals surface area contributed by atoms with Crippen molar-refractivity contribution in [1.82, 2.24) is 15.4 Å². The molecule has 0 saturated heterocycles. The summed E-state index contributed by atoms with van der Waals surface area (Å²) in [4.78, 5) is 27.1. The van der Waals surface area contributed by atoms with E-state index in [2.05, 4.69) is 22.4 Å². The van der Waals surface area contributed by atoms with Crippen LogP contribution < -0.4 is 10.6 Å². The van der Waals surface area contributed by atoms with Crippen LogP contribution in [-0.4, -0.2) is 28.5 Å². The lowest BCUT2D eigenvalue weighted by molar-refractivity contribution is -0.113. The highest BCUT2D eigenvalue weighted by atomic mass is 35.5. The molecular weight excluding hydrogens is 403 g/mol. The number of hydrogen-bond acceptors (Lipinski definition) is 4. The normalized spacial score (nSPS) is 16.8. The van der Waals surface area contributed by atoms with Gasteiger partial charge >= 0.3 is 6.03 Å². The maximum absolute atomic E-state index is 13.1. The fourth-order valence-electron chi connectivity index (χ4n) is 3.04. The molecule has 0 bridgehead atoms. The van der Waals surface area contributed by atoms with Gasteiger partial charge in [0.1, 0.15) is 5.76 Å². The van der Waals surface area contributed by atoms with Crippen molar-refractivity contribution >= 4 is 41.0 Å². The first-order valence-electron chi connectivity index (χ1n) is 8.41. The number of halogens is 2. The molecule has 1 aliphatic heterocycles. The predicted octanol–water partition coefficient (Wildman–Crippen LogP) is 4.45. The molecule has 0 aliphatic carbocycles. The van der Waals surface area contributed by atoms with Crippen LogP contribution in [-0.2, 0) is 4.79 Å². The number of hydrogen-bond donors (Lipinski definition) is 2. The largest absolute Gasteiger partial charge is 0.360 e. The van der Waals surface area contributed by atoms with Gasteiger partial charge in [-0.1, -0.05) is 40.5 Å². The van der Waals surface area contributed by atoms with Crippen LogP contribution in [0.2, 0.25) is 10.0 Å². The van der Waals surface area contributed by atoms with Crippen molar-refractivity contribution in [3.63, 3.8) is 0 Å². The van der Waals surface area contributed by atoms with Crippen LogP contribution in [0.1, 0.15) is 24.3 Å². The number of nitrogens with zero attached hydrogens (tertiary/aromatic N) is 2. The number of carbonyl (C=O) groups excluding carboxylic acids is 2. The lowest BCUT2D eigenvalue weighted by Crippen LogP contribution is -2.48. The van der Waals surface area contributed by atoms with Crippen molar-refractivity contribution in [2.24, 2.45) is 0 Å². The van der Waals surface area contributed by atoms with Crippen LogP contribution in [0.15, 0.2) is 52.7 Å². The monoisotopic (exact) mass is 420 g/mol. The number of amides is 3. The van der Waals surface area contributed by atoms with E-state index in [0.29, 0.717) is 27.1 Å². The molecule has 2 heterocycles. The Hall–Kier alpha value is -2.77. The van der Waals surface area contributed by atoms with Gasteiger partial charge in [0.05, 0.1) is 11.6 Å². The summed E-state index contributed by atoms with van der Waals surface area (Å²) in [6, 6.07) is 5.37. The Morgan fingerprint density at radius 3 is 2.64 bits per heavy atom. The third-order valence-electron chi connectivity index (χ3n) is 4.31. The van der Waals surface area contributed by atoms with Gasteiger partial charge in [0.15, 0.2) is 5.82 Å². The molecule has 0 saturated carbocycles. The highest BCUT2D eigenvalue weighted by Crippen LogP contribution is 2.38. The zero-order valence-corrected chi connectivity index (χ0v) is 16.8. The Balaban J connectivity index is 2.10. The molecule has 0 unspecified atom stereocenters. The second-order valence-electron chi connectivity index (χ2n) is 6.19. The number of benzene rings is 1. The second-order valence-corrected chi connectivity index (χ2v) is 7.01. The molecule has 0 spiro atoms. The summed E-state index contributed by atoms with van der Waals surface area (Å²) < 4.78 is 4.99. The van der Waals surface area contributed by atoms with E-state index in [1.807, 2.05) is 0 Å². The lowest BCUT2D eigenvalue weighted by Gasteiger charge is -2.35. The van der Waals surface area contributed by atoms with E-state index in [1.165, 1.54) is 4.90 Å². The molecule has 7 nitrogen and oxygen atoms in total. The molecule has 3 amide bonds. The molecule has 3 rings (SSSR count). The standard InChI is InChI=1S/C19H18Cl2N4O3/c1-4-8-25-11(3)15(18(26)22-14-9-10(2)28-24-14)17(23-19(25)27)16-12(20)6-5-7-13(16)21/h4-7,9,17H,1,8H2,2-3H3,(H,23,27)(H,22,24,26)/t17-/m1/s1. The van der Waals surface area contributed by atoms with Gasteiger partial charge in [-0.2, -0.15) is 0 Å². The average Bonchev–Trinajstić information content (AvgIpc) is 3.03. The minimum absolute atomic E-state index is 0.237. The van der Waals surface area contributed by atoms with E-state index < -0.39 is 11.9 Å². The Morgan fingerprint density at radius 1 is 1.39 bits per heavy atom. The number of allylic oxidation sites excluding steroid dienone is 1. The van der Waals surface area contributed by atoms with Crippen molar-refractivity contribution in [1.29, 1.82) is 0 Å². The van der Waals surface area contributed by atoms with Crippen molar-refractivity contribution in [2.45, 2.75) is 19.9 Å². The summed E-state index contributed by atoms with van der Waals surface area (Å²) >= 11 is 12.7. The van der Waals surface area contributed by atoms with Gasteiger partial charge in [0.25, 0.3) is 5.91 Å². The Morgan fingerprint density at radius 2 is 2.07 bits per heavy atom. The average molecular weight is 421 g/mol. The summed E-state index contributed by atoms with van der Waals surface area (Å²) in [6.07, 6.45) is 1.57. The zero-order chi connectivity index (χ0) is 20.4. The topological polar surface area (TPSA) is 87.5 Å². The number of urea groups is 1. The highest BCUT2D eigenvalue weighted by molar-refractivity contribution is 6.36. The van der Waals surface area contributed by atoms with Crippen LogP contribution in [0.4, 0.5) is 10.6 Å². The fourth-order valence-corrected chi connectivity index (χ4v) is 3.65. The van der Waals surface area contributed by atoms with E-state index in [-0.39, 0.29) is 24.0 Å². The molecule has 0 radical (unpaired) electrons. The maximum Gasteiger partial charge on any atom is 0.322 e. The first-order valence-corrected chi connectivity index (χ1v) is 9.17. The van der Waals surface area contributed by atoms with Gasteiger partial charge in [-0.05, 0) is 26.0 Å². The lowest BCUT2D eigenvalue weighted by atomic mass is 9.94. The van der Waals surface area contributed by atoms with E-state index in [1.54, 1.807) is 44.2 Å². The molecule has 1 aliphatic rings. The Kier molecular flexibility index (Phi) is 5.76. The quantitative estimate of drug-likeness (QED) is 0.699. The van der Waals surface area contributed by atoms with Crippen LogP contribution in [0.3, 0.4) is 0 Å². The fraction of sp³-hybridized carbons (Fsp3) is 0.211. The molecule has 1 aromatic heterocycles. The summed E-state index contributed by atoms with van der Waals surface area (Å²) in [6.45, 7) is 7.29. The highest BCUT2D eigenvalue weighted by Gasteiger charge is 2.37. The third-order valence-corrected chi connectivity index (χ3v) is 4.97. The van der Waals surface area contributed by atoms with E-state index >= 15 is 0 Å². The minimum atomic E-state index is -0.831. The number of rotatable bonds is 5. The molecule has 2 aromatic rings. The molecule has 0 fully saturated rings. The van der Waals surface area contributed by atoms with Gasteiger partial charge in [-0.3, -0.25) is 9.69 Å². The van der Waals surface area contributed by atoms with E-state index in [0.717, 1.165) is 0 Å². The van der Waals surface area contributed by atoms with E-state index in [4.69, 9.17) is 27.7 Å². The van der Waals surface area contributed by atoms with Crippen molar-refractivity contribution in [3.05, 3.63) is 69.6 Å². The minimum Gasteiger partial charge on any atom is -0.360 e. The molecular formula is C19H18Cl2N4O3. The smallest absolute Gasteiger partial charge is 0.322 e. The summed E-state index contributed by atoms with van der Waals surface area (Å²) in [7, 11) is 0. The molecule has 146 valence electrons. The first kappa shape index (κ1) is 20.0. The Bertz CT molecular complexity index is 963. The van der Waals surface area contributed by atoms with Crippen molar-refractivity contribution in [2.75, 3.05) is 11.9 Å². The maximum atomic E-state index is 13.1. The van der Waals surface area contributed by atoms with Gasteiger partial charge in [-0.25, -0.2) is 4.79 Å². The Labute approximate surface area is 172 Å². The molecule has 2 N–H and O–H groups in total. The SMILES string of the molecule is C=CCN1C(=O)N[C@@H](c2c(Cl)cccc2Cl)C(C(=O)Nc2cc(C)on2)=C1C. The molecule has 28 heavy (non-hydrogen) atoms. The van der Waals surface area contributed by atoms with Crippen LogP contribution in [0, 0.1) is 6.92 Å². The van der Waals surface area contributed by atoms with Gasteiger partial charge < -0.3 is 15.2 Å². The summed E-state index contributed by atoms with van der Waals surface area (Å²) in [5.74, 6) is 0.358.